The van der Waals surface area contributed by atoms with Gasteiger partial charge in [0.2, 0.25) is 5.91 Å². The van der Waals surface area contributed by atoms with Crippen molar-refractivity contribution in [1.82, 2.24) is 4.90 Å². The van der Waals surface area contributed by atoms with Gasteiger partial charge in [0, 0.05) is 31.5 Å². The van der Waals surface area contributed by atoms with Crippen LogP contribution in [-0.4, -0.2) is 57.4 Å². The first-order valence-corrected chi connectivity index (χ1v) is 10.0. The molecule has 24 heavy (non-hydrogen) atoms. The van der Waals surface area contributed by atoms with E-state index in [1.807, 2.05) is 11.8 Å². The molecule has 2 rings (SSSR count). The molecule has 7 heteroatoms. The van der Waals surface area contributed by atoms with Crippen molar-refractivity contribution in [1.29, 1.82) is 0 Å². The van der Waals surface area contributed by atoms with Crippen LogP contribution in [0.3, 0.4) is 0 Å². The number of nitrogens with zero attached hydrogens (tertiary/aromatic N) is 2. The topological polar surface area (TPSA) is 74.8 Å². The highest BCUT2D eigenvalue weighted by atomic mass is 32.2. The van der Waals surface area contributed by atoms with E-state index in [0.29, 0.717) is 30.9 Å². The smallest absolute Gasteiger partial charge is 0.242 e. The van der Waals surface area contributed by atoms with Gasteiger partial charge in [0.05, 0.1) is 17.1 Å². The van der Waals surface area contributed by atoms with Crippen molar-refractivity contribution < 1.29 is 18.0 Å². The van der Waals surface area contributed by atoms with Gasteiger partial charge in [-0.2, -0.15) is 0 Å². The highest BCUT2D eigenvalue weighted by Gasteiger charge is 2.25. The van der Waals surface area contributed by atoms with Gasteiger partial charge < -0.3 is 9.80 Å². The Bertz CT molecular complexity index is 743. The third kappa shape index (κ3) is 4.14. The van der Waals surface area contributed by atoms with Crippen molar-refractivity contribution in [2.24, 2.45) is 0 Å². The van der Waals surface area contributed by atoms with E-state index in [-0.39, 0.29) is 23.1 Å². The fraction of sp³-hybridized carbons (Fsp3) is 0.529. The number of carbonyl (C=O) groups excluding carboxylic acids is 2. The first kappa shape index (κ1) is 18.4. The molecule has 132 valence electrons. The molecule has 1 aromatic carbocycles. The quantitative estimate of drug-likeness (QED) is 0.755. The summed E-state index contributed by atoms with van der Waals surface area (Å²) >= 11 is 0. The van der Waals surface area contributed by atoms with E-state index in [1.54, 1.807) is 11.0 Å². The number of hydrogen-bond donors (Lipinski definition) is 0. The summed E-state index contributed by atoms with van der Waals surface area (Å²) in [5.41, 5.74) is 0.886. The van der Waals surface area contributed by atoms with Gasteiger partial charge in [0.1, 0.15) is 0 Å². The summed E-state index contributed by atoms with van der Waals surface area (Å²) < 4.78 is 24.2. The summed E-state index contributed by atoms with van der Waals surface area (Å²) in [6, 6.07) is 4.56. The predicted octanol–water partition coefficient (Wildman–Crippen LogP) is 1.74. The Morgan fingerprint density at radius 3 is 2.54 bits per heavy atom. The van der Waals surface area contributed by atoms with Crippen molar-refractivity contribution in [3.8, 4) is 0 Å². The fourth-order valence-electron chi connectivity index (χ4n) is 2.93. The predicted molar refractivity (Wildman–Crippen MR) is 93.3 cm³/mol. The van der Waals surface area contributed by atoms with E-state index in [4.69, 9.17) is 0 Å². The Kier molecular flexibility index (Phi) is 5.64. The second kappa shape index (κ2) is 7.34. The molecule has 0 atom stereocenters. The Morgan fingerprint density at radius 2 is 1.96 bits per heavy atom. The van der Waals surface area contributed by atoms with Crippen LogP contribution in [0.4, 0.5) is 5.69 Å². The molecule has 1 aliphatic heterocycles. The zero-order valence-electron chi connectivity index (χ0n) is 14.4. The summed E-state index contributed by atoms with van der Waals surface area (Å²) in [6.45, 7) is 5.55. The molecule has 0 spiro atoms. The second-order valence-electron chi connectivity index (χ2n) is 6.17. The molecule has 1 fully saturated rings. The van der Waals surface area contributed by atoms with E-state index in [0.717, 1.165) is 19.1 Å². The fourth-order valence-corrected chi connectivity index (χ4v) is 3.81. The molecule has 0 aliphatic carbocycles. The molecule has 1 aliphatic rings. The zero-order valence-corrected chi connectivity index (χ0v) is 15.2. The van der Waals surface area contributed by atoms with Crippen molar-refractivity contribution >= 4 is 27.2 Å². The molecule has 0 aromatic heterocycles. The molecule has 1 amide bonds. The summed E-state index contributed by atoms with van der Waals surface area (Å²) in [6.07, 6.45) is 2.79. The van der Waals surface area contributed by atoms with Crippen molar-refractivity contribution in [3.05, 3.63) is 23.8 Å². The number of amides is 1. The van der Waals surface area contributed by atoms with Crippen molar-refractivity contribution in [2.75, 3.05) is 37.3 Å². The molecule has 0 radical (unpaired) electrons. The average Bonchev–Trinajstić information content (AvgIpc) is 2.68. The van der Waals surface area contributed by atoms with Crippen molar-refractivity contribution in [3.63, 3.8) is 0 Å². The number of ketones is 1. The Labute approximate surface area is 143 Å². The summed E-state index contributed by atoms with van der Waals surface area (Å²) in [5, 5.41) is 0. The number of anilines is 1. The minimum Gasteiger partial charge on any atom is -0.361 e. The van der Waals surface area contributed by atoms with Gasteiger partial charge in [-0.1, -0.05) is 6.92 Å². The maximum atomic E-state index is 12.4. The number of benzene rings is 1. The number of carbonyl (C=O) groups is 2. The number of rotatable bonds is 5. The summed E-state index contributed by atoms with van der Waals surface area (Å²) in [4.78, 5) is 27.9. The molecule has 0 bridgehead atoms. The van der Waals surface area contributed by atoms with E-state index >= 15 is 0 Å². The van der Waals surface area contributed by atoms with E-state index in [2.05, 4.69) is 0 Å². The monoisotopic (exact) mass is 352 g/mol. The van der Waals surface area contributed by atoms with Crippen LogP contribution in [0.2, 0.25) is 0 Å². The minimum absolute atomic E-state index is 0.0120. The van der Waals surface area contributed by atoms with Gasteiger partial charge in [0.15, 0.2) is 15.6 Å². The highest BCUT2D eigenvalue weighted by molar-refractivity contribution is 7.90. The molecule has 0 unspecified atom stereocenters. The van der Waals surface area contributed by atoms with E-state index in [9.17, 15) is 18.0 Å². The lowest BCUT2D eigenvalue weighted by Gasteiger charge is -2.25. The van der Waals surface area contributed by atoms with Crippen LogP contribution in [-0.2, 0) is 14.6 Å². The first-order chi connectivity index (χ1) is 11.2. The van der Waals surface area contributed by atoms with Gasteiger partial charge in [0.25, 0.3) is 0 Å². The Morgan fingerprint density at radius 1 is 1.25 bits per heavy atom. The van der Waals surface area contributed by atoms with Gasteiger partial charge in [-0.25, -0.2) is 8.42 Å². The normalized spacial score (nSPS) is 16.2. The van der Waals surface area contributed by atoms with Gasteiger partial charge in [-0.05, 0) is 38.0 Å². The van der Waals surface area contributed by atoms with Crippen LogP contribution in [0.25, 0.3) is 0 Å². The van der Waals surface area contributed by atoms with Gasteiger partial charge >= 0.3 is 0 Å². The number of Topliss-reactive ketones (excluding diaryl/α,β-unsaturated/α-hetero) is 1. The number of sulfone groups is 1. The molecule has 1 saturated heterocycles. The Hall–Kier alpha value is -1.89. The molecule has 6 nitrogen and oxygen atoms in total. The lowest BCUT2D eigenvalue weighted by Crippen LogP contribution is -2.37. The number of hydrogen-bond acceptors (Lipinski definition) is 5. The Balaban J connectivity index is 2.44. The van der Waals surface area contributed by atoms with Crippen molar-refractivity contribution in [2.45, 2.75) is 31.6 Å². The van der Waals surface area contributed by atoms with E-state index < -0.39 is 9.84 Å². The van der Waals surface area contributed by atoms with Gasteiger partial charge in [-0.15, -0.1) is 0 Å². The van der Waals surface area contributed by atoms with Crippen LogP contribution in [0.1, 0.15) is 37.0 Å². The summed E-state index contributed by atoms with van der Waals surface area (Å²) in [5.74, 6) is -0.146. The highest BCUT2D eigenvalue weighted by Crippen LogP contribution is 2.28. The second-order valence-corrected chi connectivity index (χ2v) is 8.15. The van der Waals surface area contributed by atoms with E-state index in [1.165, 1.54) is 19.1 Å². The van der Waals surface area contributed by atoms with Gasteiger partial charge in [-0.3, -0.25) is 9.59 Å². The molecular formula is C17H24N2O4S. The molecule has 0 saturated carbocycles. The van der Waals surface area contributed by atoms with Crippen LogP contribution in [0, 0.1) is 0 Å². The average molecular weight is 352 g/mol. The lowest BCUT2D eigenvalue weighted by atomic mass is 10.1. The van der Waals surface area contributed by atoms with Crippen LogP contribution < -0.4 is 4.90 Å². The maximum absolute atomic E-state index is 12.4. The third-order valence-corrected chi connectivity index (χ3v) is 5.28. The first-order valence-electron chi connectivity index (χ1n) is 8.11. The standard InChI is InChI=1S/C17H24N2O4S/c1-4-8-18-9-5-10-19(12-17(18)21)15-11-14(13(2)20)6-7-16(15)24(3,22)23/h6-7,11H,4-5,8-10,12H2,1-3H3. The zero-order chi connectivity index (χ0) is 17.9. The molecule has 1 aromatic rings. The maximum Gasteiger partial charge on any atom is 0.242 e. The van der Waals surface area contributed by atoms with Crippen LogP contribution in [0.5, 0.6) is 0 Å². The molecule has 0 N–H and O–H groups in total. The molecular weight excluding hydrogens is 328 g/mol. The SMILES string of the molecule is CCCN1CCCN(c2cc(C(C)=O)ccc2S(C)(=O)=O)CC1=O. The minimum atomic E-state index is -3.46. The largest absolute Gasteiger partial charge is 0.361 e. The van der Waals surface area contributed by atoms with Crippen LogP contribution >= 0.6 is 0 Å². The summed E-state index contributed by atoms with van der Waals surface area (Å²) in [7, 11) is -3.46. The molecule has 1 heterocycles. The lowest BCUT2D eigenvalue weighted by molar-refractivity contribution is -0.129. The third-order valence-electron chi connectivity index (χ3n) is 4.13. The van der Waals surface area contributed by atoms with Crippen LogP contribution in [0.15, 0.2) is 23.1 Å².